The monoisotopic (exact) mass is 282 g/mol. The second-order valence-electron chi connectivity index (χ2n) is 3.60. The van der Waals surface area contributed by atoms with Gasteiger partial charge in [0.15, 0.2) is 5.82 Å². The number of rotatable bonds is 3. The van der Waals surface area contributed by atoms with Crippen LogP contribution in [0.5, 0.6) is 0 Å². The smallest absolute Gasteiger partial charge is 0.237 e. The molecule has 0 amide bonds. The van der Waals surface area contributed by atoms with Gasteiger partial charge in [-0.15, -0.1) is 0 Å². The Kier molecular flexibility index (Phi) is 4.23. The van der Waals surface area contributed by atoms with Crippen molar-refractivity contribution in [1.82, 2.24) is 9.97 Å². The second kappa shape index (κ2) is 6.28. The summed E-state index contributed by atoms with van der Waals surface area (Å²) in [6.45, 7) is 0. The van der Waals surface area contributed by atoms with Crippen LogP contribution in [0.15, 0.2) is 41.8 Å². The van der Waals surface area contributed by atoms with E-state index in [0.717, 1.165) is 5.56 Å². The van der Waals surface area contributed by atoms with Crippen molar-refractivity contribution in [2.45, 2.75) is 0 Å². The van der Waals surface area contributed by atoms with Crippen LogP contribution in [0.1, 0.15) is 0 Å². The quantitative estimate of drug-likeness (QED) is 0.689. The fraction of sp³-hybridized carbons (Fsp3) is 0. The number of hydrogen-bond donors (Lipinski definition) is 1. The number of nitriles is 2. The molecule has 1 aromatic heterocycles. The summed E-state index contributed by atoms with van der Waals surface area (Å²) in [7, 11) is 0. The van der Waals surface area contributed by atoms with E-state index in [1.807, 2.05) is 0 Å². The third-order valence-electron chi connectivity index (χ3n) is 2.27. The molecular formula is C13H7ClN6. The van der Waals surface area contributed by atoms with Gasteiger partial charge in [0.05, 0.1) is 10.7 Å². The van der Waals surface area contributed by atoms with E-state index in [9.17, 15) is 0 Å². The Labute approximate surface area is 120 Å². The Hall–Kier alpha value is -2.96. The molecule has 0 aliphatic heterocycles. The van der Waals surface area contributed by atoms with Crippen molar-refractivity contribution in [2.75, 3.05) is 5.43 Å². The van der Waals surface area contributed by atoms with Crippen LogP contribution in [0.25, 0.3) is 11.4 Å². The summed E-state index contributed by atoms with van der Waals surface area (Å²) in [6, 6.07) is 10.4. The molecule has 1 heterocycles. The van der Waals surface area contributed by atoms with E-state index >= 15 is 0 Å². The van der Waals surface area contributed by atoms with Gasteiger partial charge in [0.1, 0.15) is 12.1 Å². The lowest BCUT2D eigenvalue weighted by Crippen LogP contribution is -1.96. The summed E-state index contributed by atoms with van der Waals surface area (Å²) < 4.78 is 0. The topological polar surface area (TPSA) is 97.8 Å². The molecule has 0 aliphatic rings. The number of hydrazone groups is 1. The number of benzene rings is 1. The largest absolute Gasteiger partial charge is 0.277 e. The number of nitrogens with one attached hydrogen (secondary N) is 1. The molecule has 0 saturated carbocycles. The van der Waals surface area contributed by atoms with E-state index < -0.39 is 0 Å². The van der Waals surface area contributed by atoms with Crippen molar-refractivity contribution in [3.63, 3.8) is 0 Å². The first kappa shape index (κ1) is 13.5. The molecule has 1 N–H and O–H groups in total. The van der Waals surface area contributed by atoms with Crippen LogP contribution in [-0.2, 0) is 0 Å². The van der Waals surface area contributed by atoms with Gasteiger partial charge in [0.2, 0.25) is 5.71 Å². The van der Waals surface area contributed by atoms with Gasteiger partial charge in [0, 0.05) is 18.0 Å². The highest BCUT2D eigenvalue weighted by Gasteiger charge is 2.01. The van der Waals surface area contributed by atoms with E-state index in [4.69, 9.17) is 22.1 Å². The van der Waals surface area contributed by atoms with E-state index in [-0.39, 0.29) is 5.71 Å². The number of hydrogen-bond acceptors (Lipinski definition) is 6. The van der Waals surface area contributed by atoms with Crippen molar-refractivity contribution in [3.8, 4) is 23.5 Å². The number of anilines is 1. The molecule has 0 aliphatic carbocycles. The van der Waals surface area contributed by atoms with Crippen molar-refractivity contribution in [2.24, 2.45) is 5.10 Å². The van der Waals surface area contributed by atoms with Crippen molar-refractivity contribution < 1.29 is 0 Å². The molecule has 0 spiro atoms. The fourth-order valence-electron chi connectivity index (χ4n) is 1.35. The van der Waals surface area contributed by atoms with E-state index in [1.165, 1.54) is 12.4 Å². The van der Waals surface area contributed by atoms with Gasteiger partial charge in [-0.25, -0.2) is 9.97 Å². The van der Waals surface area contributed by atoms with E-state index in [0.29, 0.717) is 16.5 Å². The van der Waals surface area contributed by atoms with Gasteiger partial charge in [-0.2, -0.15) is 15.6 Å². The maximum absolute atomic E-state index is 8.55. The van der Waals surface area contributed by atoms with Crippen LogP contribution in [0.2, 0.25) is 5.02 Å². The average Bonchev–Trinajstić information content (AvgIpc) is 2.50. The lowest BCUT2D eigenvalue weighted by atomic mass is 10.2. The molecule has 0 radical (unpaired) electrons. The minimum Gasteiger partial charge on any atom is -0.277 e. The van der Waals surface area contributed by atoms with Crippen LogP contribution in [0.4, 0.5) is 5.69 Å². The molecule has 96 valence electrons. The number of halogens is 1. The standard InChI is InChI=1S/C13H7ClN6/c14-10-7-17-13(18-8-10)9-1-3-11(4-2-9)19-20-12(5-15)6-16/h1-4,7-8,19H. The summed E-state index contributed by atoms with van der Waals surface area (Å²) in [4.78, 5) is 8.20. The van der Waals surface area contributed by atoms with Crippen LogP contribution in [0, 0.1) is 22.7 Å². The highest BCUT2D eigenvalue weighted by Crippen LogP contribution is 2.18. The van der Waals surface area contributed by atoms with Crippen molar-refractivity contribution in [1.29, 1.82) is 10.5 Å². The first-order valence-electron chi connectivity index (χ1n) is 5.45. The minimum absolute atomic E-state index is 0.241. The Balaban J connectivity index is 2.15. The maximum atomic E-state index is 8.55. The molecule has 0 unspecified atom stereocenters. The average molecular weight is 283 g/mol. The fourth-order valence-corrected chi connectivity index (χ4v) is 1.45. The number of aromatic nitrogens is 2. The Bertz CT molecular complexity index is 691. The Morgan fingerprint density at radius 2 is 1.70 bits per heavy atom. The molecule has 2 aromatic rings. The van der Waals surface area contributed by atoms with Gasteiger partial charge in [-0.1, -0.05) is 11.6 Å². The summed E-state index contributed by atoms with van der Waals surface area (Å²) in [6.07, 6.45) is 3.04. The van der Waals surface area contributed by atoms with E-state index in [2.05, 4.69) is 20.5 Å². The predicted molar refractivity (Wildman–Crippen MR) is 74.8 cm³/mol. The van der Waals surface area contributed by atoms with Crippen LogP contribution < -0.4 is 5.43 Å². The zero-order chi connectivity index (χ0) is 14.4. The van der Waals surface area contributed by atoms with Crippen LogP contribution >= 0.6 is 11.6 Å². The summed E-state index contributed by atoms with van der Waals surface area (Å²) in [5, 5.41) is 21.2. The Morgan fingerprint density at radius 1 is 1.10 bits per heavy atom. The zero-order valence-electron chi connectivity index (χ0n) is 10.1. The summed E-state index contributed by atoms with van der Waals surface area (Å²) in [5.41, 5.74) is 3.84. The molecule has 7 heteroatoms. The lowest BCUT2D eigenvalue weighted by Gasteiger charge is -2.02. The van der Waals surface area contributed by atoms with Gasteiger partial charge in [-0.05, 0) is 24.3 Å². The Morgan fingerprint density at radius 3 is 2.25 bits per heavy atom. The van der Waals surface area contributed by atoms with Gasteiger partial charge in [-0.3, -0.25) is 5.43 Å². The van der Waals surface area contributed by atoms with E-state index in [1.54, 1.807) is 36.4 Å². The SMILES string of the molecule is N#CC(C#N)=NNc1ccc(-c2ncc(Cl)cn2)cc1. The summed E-state index contributed by atoms with van der Waals surface area (Å²) in [5.74, 6) is 0.555. The highest BCUT2D eigenvalue weighted by atomic mass is 35.5. The molecule has 2 rings (SSSR count). The van der Waals surface area contributed by atoms with Crippen LogP contribution in [0.3, 0.4) is 0 Å². The molecule has 0 saturated heterocycles. The number of nitrogens with zero attached hydrogens (tertiary/aromatic N) is 5. The minimum atomic E-state index is -0.241. The molecular weight excluding hydrogens is 276 g/mol. The van der Waals surface area contributed by atoms with Crippen LogP contribution in [-0.4, -0.2) is 15.7 Å². The molecule has 0 bridgehead atoms. The highest BCUT2D eigenvalue weighted by molar-refractivity contribution is 6.30. The molecule has 0 atom stereocenters. The summed E-state index contributed by atoms with van der Waals surface area (Å²) >= 11 is 5.72. The predicted octanol–water partition coefficient (Wildman–Crippen LogP) is 2.61. The first-order chi connectivity index (χ1) is 9.72. The van der Waals surface area contributed by atoms with Gasteiger partial charge < -0.3 is 0 Å². The zero-order valence-corrected chi connectivity index (χ0v) is 10.8. The van der Waals surface area contributed by atoms with Crippen molar-refractivity contribution >= 4 is 23.0 Å². The lowest BCUT2D eigenvalue weighted by molar-refractivity contribution is 1.18. The normalized spacial score (nSPS) is 9.15. The second-order valence-corrected chi connectivity index (χ2v) is 4.03. The first-order valence-corrected chi connectivity index (χ1v) is 5.82. The molecule has 1 aromatic carbocycles. The molecule has 6 nitrogen and oxygen atoms in total. The third kappa shape index (κ3) is 3.29. The molecule has 20 heavy (non-hydrogen) atoms. The third-order valence-corrected chi connectivity index (χ3v) is 2.47. The van der Waals surface area contributed by atoms with Gasteiger partial charge >= 0.3 is 0 Å². The van der Waals surface area contributed by atoms with Gasteiger partial charge in [0.25, 0.3) is 0 Å². The molecule has 0 fully saturated rings. The maximum Gasteiger partial charge on any atom is 0.237 e. The van der Waals surface area contributed by atoms with Crippen molar-refractivity contribution in [3.05, 3.63) is 41.7 Å².